The van der Waals surface area contributed by atoms with Crippen LogP contribution >= 0.6 is 0 Å². The number of fused-ring (bicyclic) bond motifs is 2. The average Bonchev–Trinajstić information content (AvgIpc) is 3.53. The Morgan fingerprint density at radius 1 is 1.00 bits per heavy atom. The van der Waals surface area contributed by atoms with Gasteiger partial charge in [-0.1, -0.05) is 11.2 Å². The maximum atomic E-state index is 5.45. The van der Waals surface area contributed by atoms with Crippen molar-refractivity contribution in [2.24, 2.45) is 0 Å². The average molecular weight is 386 g/mol. The summed E-state index contributed by atoms with van der Waals surface area (Å²) in [6, 6.07) is 13.4. The highest BCUT2D eigenvalue weighted by atomic mass is 16.7. The van der Waals surface area contributed by atoms with E-state index >= 15 is 0 Å². The number of aromatic nitrogens is 6. The van der Waals surface area contributed by atoms with E-state index in [1.165, 1.54) is 0 Å². The zero-order valence-electron chi connectivity index (χ0n) is 15.1. The molecule has 0 fully saturated rings. The zero-order chi connectivity index (χ0) is 19.2. The van der Waals surface area contributed by atoms with Gasteiger partial charge >= 0.3 is 0 Å². The first kappa shape index (κ1) is 15.9. The van der Waals surface area contributed by atoms with Crippen LogP contribution in [0.5, 0.6) is 11.5 Å². The molecule has 5 heterocycles. The molecule has 5 aromatic rings. The summed E-state index contributed by atoms with van der Waals surface area (Å²) >= 11 is 0. The van der Waals surface area contributed by atoms with Crippen LogP contribution in [0.1, 0.15) is 5.82 Å². The lowest BCUT2D eigenvalue weighted by Gasteiger charge is -2.07. The van der Waals surface area contributed by atoms with Crippen LogP contribution in [-0.2, 0) is 6.54 Å². The molecule has 1 aromatic carbocycles. The number of rotatable bonds is 4. The van der Waals surface area contributed by atoms with Crippen molar-refractivity contribution in [2.45, 2.75) is 6.54 Å². The molecule has 0 radical (unpaired) electrons. The molecule has 0 N–H and O–H groups in total. The fourth-order valence-electron chi connectivity index (χ4n) is 3.41. The van der Waals surface area contributed by atoms with Gasteiger partial charge in [-0.2, -0.15) is 10.1 Å². The van der Waals surface area contributed by atoms with Crippen molar-refractivity contribution in [1.29, 1.82) is 0 Å². The summed E-state index contributed by atoms with van der Waals surface area (Å²) < 4.78 is 20.0. The summed E-state index contributed by atoms with van der Waals surface area (Å²) in [5, 5.41) is 8.51. The smallest absolute Gasteiger partial charge is 0.258 e. The fraction of sp³-hybridized carbons (Fsp3) is 0.100. The van der Waals surface area contributed by atoms with Crippen molar-refractivity contribution in [3.05, 3.63) is 66.9 Å². The number of nitrogens with zero attached hydrogens (tertiary/aromatic N) is 6. The van der Waals surface area contributed by atoms with Crippen LogP contribution in [0.2, 0.25) is 0 Å². The minimum atomic E-state index is 0.223. The van der Waals surface area contributed by atoms with Crippen LogP contribution in [0, 0.1) is 0 Å². The van der Waals surface area contributed by atoms with E-state index in [0.717, 1.165) is 22.6 Å². The van der Waals surface area contributed by atoms with Gasteiger partial charge in [0, 0.05) is 18.0 Å². The Balaban J connectivity index is 1.32. The molecule has 1 aliphatic heterocycles. The predicted molar refractivity (Wildman–Crippen MR) is 101 cm³/mol. The molecule has 9 nitrogen and oxygen atoms in total. The van der Waals surface area contributed by atoms with Gasteiger partial charge in [-0.25, -0.2) is 9.50 Å². The largest absolute Gasteiger partial charge is 0.454 e. The van der Waals surface area contributed by atoms with Crippen LogP contribution in [0.25, 0.3) is 28.5 Å². The number of benzene rings is 1. The van der Waals surface area contributed by atoms with E-state index < -0.39 is 0 Å². The Morgan fingerprint density at radius 3 is 2.97 bits per heavy atom. The summed E-state index contributed by atoms with van der Waals surface area (Å²) in [6.07, 6.45) is 5.40. The molecule has 0 saturated heterocycles. The monoisotopic (exact) mass is 386 g/mol. The molecule has 0 unspecified atom stereocenters. The van der Waals surface area contributed by atoms with Crippen molar-refractivity contribution in [1.82, 2.24) is 29.3 Å². The maximum Gasteiger partial charge on any atom is 0.258 e. The minimum absolute atomic E-state index is 0.223. The summed E-state index contributed by atoms with van der Waals surface area (Å²) in [4.78, 5) is 9.02. The Morgan fingerprint density at radius 2 is 1.97 bits per heavy atom. The van der Waals surface area contributed by atoms with Crippen molar-refractivity contribution in [3.63, 3.8) is 0 Å². The standard InChI is InChI=1S/C20H14N6O3/c1-2-14-6-7-22-26(14)15(3-1)19-21-8-9-25(19)11-18-23-20(29-24-18)13-4-5-16-17(10-13)28-12-27-16/h1-10H,11-12H2. The van der Waals surface area contributed by atoms with Crippen molar-refractivity contribution in [2.75, 3.05) is 6.79 Å². The van der Waals surface area contributed by atoms with Gasteiger partial charge in [-0.05, 0) is 36.4 Å². The van der Waals surface area contributed by atoms with Crippen LogP contribution < -0.4 is 9.47 Å². The molecule has 0 saturated carbocycles. The van der Waals surface area contributed by atoms with Gasteiger partial charge < -0.3 is 18.6 Å². The van der Waals surface area contributed by atoms with Crippen LogP contribution in [0.3, 0.4) is 0 Å². The van der Waals surface area contributed by atoms with Crippen LogP contribution in [0.4, 0.5) is 0 Å². The topological polar surface area (TPSA) is 92.5 Å². The van der Waals surface area contributed by atoms with E-state index in [1.807, 2.05) is 57.7 Å². The molecule has 0 atom stereocenters. The summed E-state index contributed by atoms with van der Waals surface area (Å²) in [6.45, 7) is 0.640. The second kappa shape index (κ2) is 6.20. The molecule has 0 aliphatic carbocycles. The highest BCUT2D eigenvalue weighted by molar-refractivity contribution is 5.61. The normalized spacial score (nSPS) is 12.7. The van der Waals surface area contributed by atoms with E-state index in [0.29, 0.717) is 29.8 Å². The predicted octanol–water partition coefficient (Wildman–Crippen LogP) is 3.02. The third-order valence-electron chi connectivity index (χ3n) is 4.77. The third-order valence-corrected chi connectivity index (χ3v) is 4.77. The first-order valence-corrected chi connectivity index (χ1v) is 9.02. The first-order valence-electron chi connectivity index (χ1n) is 9.02. The number of hydrogen-bond donors (Lipinski definition) is 0. The van der Waals surface area contributed by atoms with Gasteiger partial charge in [0.15, 0.2) is 23.1 Å². The molecule has 0 amide bonds. The fourth-order valence-corrected chi connectivity index (χ4v) is 3.41. The van der Waals surface area contributed by atoms with Crippen molar-refractivity contribution < 1.29 is 14.0 Å². The summed E-state index contributed by atoms with van der Waals surface area (Å²) in [5.41, 5.74) is 2.67. The highest BCUT2D eigenvalue weighted by Gasteiger charge is 2.18. The number of ether oxygens (including phenoxy) is 2. The van der Waals surface area contributed by atoms with E-state index in [9.17, 15) is 0 Å². The maximum absolute atomic E-state index is 5.45. The summed E-state index contributed by atoms with van der Waals surface area (Å²) in [7, 11) is 0. The van der Waals surface area contributed by atoms with Gasteiger partial charge in [0.25, 0.3) is 5.89 Å². The van der Waals surface area contributed by atoms with Gasteiger partial charge in [-0.3, -0.25) is 0 Å². The second-order valence-corrected chi connectivity index (χ2v) is 6.54. The molecule has 9 heteroatoms. The minimum Gasteiger partial charge on any atom is -0.454 e. The van der Waals surface area contributed by atoms with Gasteiger partial charge in [-0.15, -0.1) is 0 Å². The molecule has 142 valence electrons. The van der Waals surface area contributed by atoms with E-state index in [4.69, 9.17) is 14.0 Å². The van der Waals surface area contributed by atoms with Gasteiger partial charge in [0.05, 0.1) is 18.3 Å². The molecule has 6 rings (SSSR count). The Labute approximate surface area is 164 Å². The lowest BCUT2D eigenvalue weighted by atomic mass is 10.2. The Bertz CT molecular complexity index is 1340. The third kappa shape index (κ3) is 2.63. The van der Waals surface area contributed by atoms with E-state index in [1.54, 1.807) is 12.4 Å². The molecule has 29 heavy (non-hydrogen) atoms. The second-order valence-electron chi connectivity index (χ2n) is 6.54. The van der Waals surface area contributed by atoms with Gasteiger partial charge in [0.1, 0.15) is 5.69 Å². The lowest BCUT2D eigenvalue weighted by Crippen LogP contribution is -2.05. The Kier molecular flexibility index (Phi) is 3.39. The van der Waals surface area contributed by atoms with E-state index in [-0.39, 0.29) is 6.79 Å². The first-order chi connectivity index (χ1) is 14.3. The summed E-state index contributed by atoms with van der Waals surface area (Å²) in [5.74, 6) is 3.13. The van der Waals surface area contributed by atoms with Crippen molar-refractivity contribution in [3.8, 4) is 34.5 Å². The SMILES string of the molecule is c1cc(-c2nccn2Cc2noc(-c3ccc4c(c3)OCO4)n2)n2nccc2c1. The molecule has 1 aliphatic rings. The highest BCUT2D eigenvalue weighted by Crippen LogP contribution is 2.35. The number of imidazole rings is 1. The van der Waals surface area contributed by atoms with Gasteiger partial charge in [0.2, 0.25) is 6.79 Å². The van der Waals surface area contributed by atoms with Crippen molar-refractivity contribution >= 4 is 5.52 Å². The molecule has 4 aromatic heterocycles. The Hall–Kier alpha value is -4.14. The van der Waals surface area contributed by atoms with Crippen LogP contribution in [-0.4, -0.2) is 36.1 Å². The molecular formula is C20H14N6O3. The quantitative estimate of drug-likeness (QED) is 0.469. The molecular weight excluding hydrogens is 372 g/mol. The zero-order valence-corrected chi connectivity index (χ0v) is 15.1. The van der Waals surface area contributed by atoms with Crippen LogP contribution in [0.15, 0.2) is 65.6 Å². The molecule has 0 spiro atoms. The van der Waals surface area contributed by atoms with E-state index in [2.05, 4.69) is 20.2 Å². The molecule has 0 bridgehead atoms. The number of pyridine rings is 1. The number of hydrogen-bond acceptors (Lipinski definition) is 7. The lowest BCUT2D eigenvalue weighted by molar-refractivity contribution is 0.174.